The molecule has 2 amide bonds. The van der Waals surface area contributed by atoms with Crippen molar-refractivity contribution in [2.45, 2.75) is 0 Å². The second kappa shape index (κ2) is 4.71. The monoisotopic (exact) mass is 394 g/mol. The zero-order chi connectivity index (χ0) is 14.4. The molecule has 0 saturated carbocycles. The van der Waals surface area contributed by atoms with Crippen molar-refractivity contribution >= 4 is 55.0 Å². The predicted octanol–water partition coefficient (Wildman–Crippen LogP) is 3.59. The quantitative estimate of drug-likeness (QED) is 0.592. The number of hydrogen-bond acceptors (Lipinski definition) is 3. The molecule has 2 aromatic rings. The fourth-order valence-corrected chi connectivity index (χ4v) is 3.36. The average Bonchev–Trinajstić information content (AvgIpc) is 2.63. The van der Waals surface area contributed by atoms with Gasteiger partial charge in [-0.05, 0) is 52.3 Å². The van der Waals surface area contributed by atoms with Crippen LogP contribution in [0.15, 0.2) is 45.3 Å². The van der Waals surface area contributed by atoms with Crippen molar-refractivity contribution in [1.82, 2.24) is 0 Å². The van der Waals surface area contributed by atoms with Crippen molar-refractivity contribution in [2.24, 2.45) is 0 Å². The number of hydrogen-bond donors (Lipinski definition) is 1. The molecule has 0 aliphatic carbocycles. The number of carbonyl (C=O) groups is 2. The molecule has 20 heavy (non-hydrogen) atoms. The topological polar surface area (TPSA) is 63.4 Å². The molecule has 0 unspecified atom stereocenters. The van der Waals surface area contributed by atoms with Gasteiger partial charge in [-0.2, -0.15) is 0 Å². The number of rotatable bonds is 1. The fraction of sp³-hybridized carbons (Fsp3) is 0. The van der Waals surface area contributed by atoms with Crippen LogP contribution >= 0.6 is 31.9 Å². The summed E-state index contributed by atoms with van der Waals surface area (Å²) >= 11 is 6.71. The van der Waals surface area contributed by atoms with Gasteiger partial charge >= 0.3 is 0 Å². The van der Waals surface area contributed by atoms with Gasteiger partial charge in [0.2, 0.25) is 0 Å². The summed E-state index contributed by atoms with van der Waals surface area (Å²) < 4.78 is 1.52. The molecule has 3 rings (SSSR count). The maximum absolute atomic E-state index is 12.4. The van der Waals surface area contributed by atoms with Gasteiger partial charge in [-0.25, -0.2) is 4.90 Å². The smallest absolute Gasteiger partial charge is 0.266 e. The van der Waals surface area contributed by atoms with Crippen molar-refractivity contribution < 1.29 is 9.59 Å². The molecule has 0 aromatic heterocycles. The van der Waals surface area contributed by atoms with Crippen molar-refractivity contribution in [2.75, 3.05) is 10.6 Å². The predicted molar refractivity (Wildman–Crippen MR) is 83.8 cm³/mol. The minimum absolute atomic E-state index is 0.338. The van der Waals surface area contributed by atoms with E-state index in [1.54, 1.807) is 30.3 Å². The van der Waals surface area contributed by atoms with Crippen LogP contribution in [0.3, 0.4) is 0 Å². The van der Waals surface area contributed by atoms with Gasteiger partial charge in [-0.3, -0.25) is 9.59 Å². The van der Waals surface area contributed by atoms with Gasteiger partial charge in [0.15, 0.2) is 0 Å². The van der Waals surface area contributed by atoms with Crippen molar-refractivity contribution in [1.29, 1.82) is 0 Å². The fourth-order valence-electron chi connectivity index (χ4n) is 2.14. The van der Waals surface area contributed by atoms with E-state index in [9.17, 15) is 9.59 Å². The Bertz CT molecular complexity index is 759. The first kappa shape index (κ1) is 13.3. The number of nitrogens with zero attached hydrogens (tertiary/aromatic N) is 1. The summed E-state index contributed by atoms with van der Waals surface area (Å²) in [5.41, 5.74) is 7.36. The lowest BCUT2D eigenvalue weighted by Crippen LogP contribution is -2.29. The van der Waals surface area contributed by atoms with Gasteiger partial charge in [0.25, 0.3) is 11.8 Å². The van der Waals surface area contributed by atoms with Gasteiger partial charge < -0.3 is 5.73 Å². The summed E-state index contributed by atoms with van der Waals surface area (Å²) in [4.78, 5) is 26.0. The third-order valence-electron chi connectivity index (χ3n) is 3.06. The first-order chi connectivity index (χ1) is 9.49. The van der Waals surface area contributed by atoms with E-state index >= 15 is 0 Å². The maximum Gasteiger partial charge on any atom is 0.266 e. The highest BCUT2D eigenvalue weighted by molar-refractivity contribution is 9.11. The van der Waals surface area contributed by atoms with Gasteiger partial charge in [0.1, 0.15) is 0 Å². The first-order valence-electron chi connectivity index (χ1n) is 5.72. The number of fused-ring (bicyclic) bond motifs is 1. The minimum Gasteiger partial charge on any atom is -0.399 e. The van der Waals surface area contributed by atoms with Crippen LogP contribution in [0.1, 0.15) is 20.7 Å². The molecule has 6 heteroatoms. The zero-order valence-corrected chi connectivity index (χ0v) is 13.2. The van der Waals surface area contributed by atoms with Crippen LogP contribution in [0.4, 0.5) is 11.4 Å². The Kier molecular flexibility index (Phi) is 3.14. The van der Waals surface area contributed by atoms with Crippen LogP contribution in [0, 0.1) is 0 Å². The molecule has 1 aliphatic heterocycles. The molecule has 0 fully saturated rings. The van der Waals surface area contributed by atoms with Crippen LogP contribution in [0.2, 0.25) is 0 Å². The van der Waals surface area contributed by atoms with Crippen molar-refractivity contribution in [3.8, 4) is 0 Å². The van der Waals surface area contributed by atoms with E-state index in [1.807, 2.05) is 0 Å². The number of nitrogens with two attached hydrogens (primary N) is 1. The van der Waals surface area contributed by atoms with E-state index in [1.165, 1.54) is 6.07 Å². The summed E-state index contributed by atoms with van der Waals surface area (Å²) in [5, 5.41) is 0. The Morgan fingerprint density at radius 1 is 0.900 bits per heavy atom. The van der Waals surface area contributed by atoms with E-state index in [0.29, 0.717) is 27.0 Å². The number of benzene rings is 2. The second-order valence-electron chi connectivity index (χ2n) is 4.35. The SMILES string of the molecule is Nc1ccc2c(c1)C(=O)N(c1ccc(Br)cc1Br)C2=O. The Morgan fingerprint density at radius 2 is 1.60 bits per heavy atom. The van der Waals surface area contributed by atoms with E-state index in [4.69, 9.17) is 5.73 Å². The lowest BCUT2D eigenvalue weighted by atomic mass is 10.1. The highest BCUT2D eigenvalue weighted by atomic mass is 79.9. The van der Waals surface area contributed by atoms with Crippen LogP contribution in [0.5, 0.6) is 0 Å². The molecule has 2 aromatic carbocycles. The zero-order valence-electron chi connectivity index (χ0n) is 10.1. The highest BCUT2D eigenvalue weighted by Crippen LogP contribution is 2.35. The maximum atomic E-state index is 12.4. The number of amides is 2. The third-order valence-corrected chi connectivity index (χ3v) is 4.19. The van der Waals surface area contributed by atoms with Crippen molar-refractivity contribution in [3.05, 3.63) is 56.5 Å². The van der Waals surface area contributed by atoms with E-state index in [-0.39, 0.29) is 11.8 Å². The summed E-state index contributed by atoms with van der Waals surface area (Å²) in [5.74, 6) is -0.701. The molecule has 0 spiro atoms. The summed E-state index contributed by atoms with van der Waals surface area (Å²) in [7, 11) is 0. The number of nitrogen functional groups attached to an aromatic ring is 1. The largest absolute Gasteiger partial charge is 0.399 e. The molecule has 0 radical (unpaired) electrons. The van der Waals surface area contributed by atoms with E-state index in [0.717, 1.165) is 9.37 Å². The summed E-state index contributed by atoms with van der Waals surface area (Å²) in [6.45, 7) is 0. The van der Waals surface area contributed by atoms with Gasteiger partial charge in [0, 0.05) is 14.6 Å². The lowest BCUT2D eigenvalue weighted by Gasteiger charge is -2.15. The van der Waals surface area contributed by atoms with E-state index in [2.05, 4.69) is 31.9 Å². The lowest BCUT2D eigenvalue weighted by molar-refractivity contribution is 0.0926. The summed E-state index contributed by atoms with van der Waals surface area (Å²) in [6, 6.07) is 9.99. The molecular weight excluding hydrogens is 388 g/mol. The van der Waals surface area contributed by atoms with Crippen molar-refractivity contribution in [3.63, 3.8) is 0 Å². The van der Waals surface area contributed by atoms with Crippen LogP contribution in [-0.2, 0) is 0 Å². The second-order valence-corrected chi connectivity index (χ2v) is 6.12. The molecule has 0 saturated heterocycles. The van der Waals surface area contributed by atoms with Gasteiger partial charge in [-0.1, -0.05) is 15.9 Å². The van der Waals surface area contributed by atoms with Gasteiger partial charge in [0.05, 0.1) is 16.8 Å². The molecule has 1 heterocycles. The number of imide groups is 1. The Balaban J connectivity index is 2.14. The Hall–Kier alpha value is -1.66. The molecule has 2 N–H and O–H groups in total. The van der Waals surface area contributed by atoms with Crippen LogP contribution in [0.25, 0.3) is 0 Å². The van der Waals surface area contributed by atoms with E-state index < -0.39 is 0 Å². The third kappa shape index (κ3) is 1.96. The normalized spacial score (nSPS) is 13.8. The van der Waals surface area contributed by atoms with Crippen LogP contribution < -0.4 is 10.6 Å². The molecule has 0 bridgehead atoms. The minimum atomic E-state index is -0.361. The van der Waals surface area contributed by atoms with Gasteiger partial charge in [-0.15, -0.1) is 0 Å². The highest BCUT2D eigenvalue weighted by Gasteiger charge is 2.37. The number of carbonyl (C=O) groups excluding carboxylic acids is 2. The molecule has 0 atom stereocenters. The Morgan fingerprint density at radius 3 is 2.30 bits per heavy atom. The summed E-state index contributed by atoms with van der Waals surface area (Å²) in [6.07, 6.45) is 0. The molecule has 4 nitrogen and oxygen atoms in total. The number of anilines is 2. The van der Waals surface area contributed by atoms with Crippen LogP contribution in [-0.4, -0.2) is 11.8 Å². The number of halogens is 2. The molecular formula is C14H8Br2N2O2. The standard InChI is InChI=1S/C14H8Br2N2O2/c15-7-1-4-12(11(16)5-7)18-13(19)9-3-2-8(17)6-10(9)14(18)20/h1-6H,17H2. The first-order valence-corrected chi connectivity index (χ1v) is 7.31. The molecule has 1 aliphatic rings. The molecule has 100 valence electrons. The average molecular weight is 396 g/mol. The Labute approximate surface area is 131 Å².